The summed E-state index contributed by atoms with van der Waals surface area (Å²) in [6.45, 7) is 2.92. The molecule has 0 fully saturated rings. The lowest BCUT2D eigenvalue weighted by Crippen LogP contribution is -2.51. The van der Waals surface area contributed by atoms with Crippen LogP contribution in [0.15, 0.2) is 42.5 Å². The molecule has 0 aliphatic carbocycles. The van der Waals surface area contributed by atoms with Crippen LogP contribution in [0.3, 0.4) is 0 Å². The van der Waals surface area contributed by atoms with E-state index in [2.05, 4.69) is 47.5 Å². The van der Waals surface area contributed by atoms with Gasteiger partial charge in [0.1, 0.15) is 6.04 Å². The number of hydrogen-bond donors (Lipinski definition) is 1. The van der Waals surface area contributed by atoms with Crippen molar-refractivity contribution in [3.8, 4) is 0 Å². The molecule has 1 N–H and O–H groups in total. The molecule has 0 saturated heterocycles. The number of hydrogen-bond acceptors (Lipinski definition) is 2. The first-order valence-electron chi connectivity index (χ1n) is 6.98. The number of nitrogens with zero attached hydrogens (tertiary/aromatic N) is 1. The zero-order chi connectivity index (χ0) is 13.7. The lowest BCUT2D eigenvalue weighted by atomic mass is 9.90. The van der Waals surface area contributed by atoms with E-state index in [-0.39, 0.29) is 11.9 Å². The molecular weight excluding hydrogens is 248 g/mol. The maximum absolute atomic E-state index is 12.4. The van der Waals surface area contributed by atoms with Crippen LogP contribution in [0.4, 0.5) is 11.4 Å². The van der Waals surface area contributed by atoms with E-state index in [4.69, 9.17) is 0 Å². The fraction of sp³-hybridized carbons (Fsp3) is 0.235. The van der Waals surface area contributed by atoms with E-state index in [1.165, 1.54) is 22.4 Å². The maximum atomic E-state index is 12.4. The number of nitrogens with one attached hydrogen (secondary N) is 1. The highest BCUT2D eigenvalue weighted by Gasteiger charge is 2.37. The molecule has 0 aromatic heterocycles. The molecule has 2 aromatic carbocycles. The van der Waals surface area contributed by atoms with Crippen LogP contribution < -0.4 is 10.2 Å². The predicted octanol–water partition coefficient (Wildman–Crippen LogP) is 2.88. The lowest BCUT2D eigenvalue weighted by Gasteiger charge is -2.42. The van der Waals surface area contributed by atoms with Crippen molar-refractivity contribution in [3.63, 3.8) is 0 Å². The van der Waals surface area contributed by atoms with Gasteiger partial charge in [0.05, 0.1) is 11.4 Å². The third-order valence-electron chi connectivity index (χ3n) is 4.33. The zero-order valence-electron chi connectivity index (χ0n) is 11.4. The Morgan fingerprint density at radius 3 is 2.75 bits per heavy atom. The zero-order valence-corrected chi connectivity index (χ0v) is 11.4. The Balaban J connectivity index is 1.87. The normalized spacial score (nSPS) is 19.8. The molecule has 3 nitrogen and oxygen atoms in total. The molecule has 0 spiro atoms. The number of fused-ring (bicyclic) bond motifs is 4. The smallest absolute Gasteiger partial charge is 0.247 e. The Kier molecular flexibility index (Phi) is 2.36. The molecule has 20 heavy (non-hydrogen) atoms. The highest BCUT2D eigenvalue weighted by molar-refractivity contribution is 6.04. The van der Waals surface area contributed by atoms with Gasteiger partial charge in [0.2, 0.25) is 5.91 Å². The second-order valence-electron chi connectivity index (χ2n) is 5.58. The van der Waals surface area contributed by atoms with Crippen molar-refractivity contribution in [3.05, 3.63) is 59.2 Å². The molecule has 0 radical (unpaired) electrons. The quantitative estimate of drug-likeness (QED) is 0.793. The molecule has 1 unspecified atom stereocenters. The van der Waals surface area contributed by atoms with Crippen molar-refractivity contribution in [2.24, 2.45) is 0 Å². The van der Waals surface area contributed by atoms with Gasteiger partial charge in [0.15, 0.2) is 0 Å². The number of rotatable bonds is 0. The van der Waals surface area contributed by atoms with Crippen LogP contribution >= 0.6 is 0 Å². The average Bonchev–Trinajstić information content (AvgIpc) is 2.46. The number of anilines is 2. The Morgan fingerprint density at radius 1 is 1.10 bits per heavy atom. The molecule has 3 heteroatoms. The highest BCUT2D eigenvalue weighted by Crippen LogP contribution is 2.39. The summed E-state index contributed by atoms with van der Waals surface area (Å²) >= 11 is 0. The van der Waals surface area contributed by atoms with E-state index < -0.39 is 0 Å². The van der Waals surface area contributed by atoms with Crippen LogP contribution in [0.25, 0.3) is 0 Å². The molecule has 100 valence electrons. The van der Waals surface area contributed by atoms with E-state index in [1.807, 2.05) is 12.1 Å². The average molecular weight is 264 g/mol. The lowest BCUT2D eigenvalue weighted by molar-refractivity contribution is -0.117. The van der Waals surface area contributed by atoms with Gasteiger partial charge in [-0.1, -0.05) is 36.4 Å². The van der Waals surface area contributed by atoms with Crippen LogP contribution in [-0.2, 0) is 17.8 Å². The van der Waals surface area contributed by atoms with Crippen LogP contribution in [0.2, 0.25) is 0 Å². The van der Waals surface area contributed by atoms with Gasteiger partial charge in [-0.05, 0) is 29.7 Å². The van der Waals surface area contributed by atoms with Gasteiger partial charge in [-0.2, -0.15) is 0 Å². The summed E-state index contributed by atoms with van der Waals surface area (Å²) in [6.07, 6.45) is 0.787. The van der Waals surface area contributed by atoms with Crippen LogP contribution in [0, 0.1) is 6.92 Å². The van der Waals surface area contributed by atoms with Gasteiger partial charge >= 0.3 is 0 Å². The fourth-order valence-electron chi connectivity index (χ4n) is 3.35. The molecule has 4 rings (SSSR count). The Morgan fingerprint density at radius 2 is 1.90 bits per heavy atom. The van der Waals surface area contributed by atoms with Crippen LogP contribution in [0.1, 0.15) is 16.7 Å². The minimum absolute atomic E-state index is 0.0847. The first-order valence-corrected chi connectivity index (χ1v) is 6.98. The minimum Gasteiger partial charge on any atom is -0.353 e. The van der Waals surface area contributed by atoms with Gasteiger partial charge in [-0.3, -0.25) is 4.79 Å². The largest absolute Gasteiger partial charge is 0.353 e. The van der Waals surface area contributed by atoms with Crippen LogP contribution in [-0.4, -0.2) is 11.9 Å². The first kappa shape index (κ1) is 11.5. The van der Waals surface area contributed by atoms with Crippen molar-refractivity contribution >= 4 is 17.3 Å². The molecule has 2 aromatic rings. The van der Waals surface area contributed by atoms with Crippen molar-refractivity contribution in [1.29, 1.82) is 0 Å². The number of carbonyl (C=O) groups excluding carboxylic acids is 1. The van der Waals surface area contributed by atoms with E-state index >= 15 is 0 Å². The maximum Gasteiger partial charge on any atom is 0.247 e. The van der Waals surface area contributed by atoms with E-state index in [0.717, 1.165) is 18.7 Å². The van der Waals surface area contributed by atoms with Crippen molar-refractivity contribution in [2.75, 3.05) is 10.2 Å². The summed E-state index contributed by atoms with van der Waals surface area (Å²) < 4.78 is 0. The highest BCUT2D eigenvalue weighted by atomic mass is 16.2. The fourth-order valence-corrected chi connectivity index (χ4v) is 3.35. The van der Waals surface area contributed by atoms with Gasteiger partial charge < -0.3 is 10.2 Å². The number of benzene rings is 2. The van der Waals surface area contributed by atoms with Gasteiger partial charge in [0, 0.05) is 13.0 Å². The monoisotopic (exact) mass is 264 g/mol. The second kappa shape index (κ2) is 4.10. The summed E-state index contributed by atoms with van der Waals surface area (Å²) in [4.78, 5) is 14.6. The van der Waals surface area contributed by atoms with Gasteiger partial charge in [-0.25, -0.2) is 0 Å². The number of amides is 1. The summed E-state index contributed by atoms with van der Waals surface area (Å²) in [5, 5.41) is 3.05. The molecular formula is C17H16N2O. The number of aryl methyl sites for hydroxylation is 1. The third-order valence-corrected chi connectivity index (χ3v) is 4.33. The third kappa shape index (κ3) is 1.56. The summed E-state index contributed by atoms with van der Waals surface area (Å²) in [5.74, 6) is 0.109. The molecule has 0 bridgehead atoms. The minimum atomic E-state index is -0.0847. The van der Waals surface area contributed by atoms with E-state index in [9.17, 15) is 4.79 Å². The first-order chi connectivity index (χ1) is 9.74. The summed E-state index contributed by atoms with van der Waals surface area (Å²) in [7, 11) is 0. The Labute approximate surface area is 118 Å². The van der Waals surface area contributed by atoms with Crippen molar-refractivity contribution < 1.29 is 4.79 Å². The number of para-hydroxylation sites is 1. The topological polar surface area (TPSA) is 32.3 Å². The molecule has 1 amide bonds. The van der Waals surface area contributed by atoms with Crippen molar-refractivity contribution in [2.45, 2.75) is 25.9 Å². The second-order valence-corrected chi connectivity index (χ2v) is 5.58. The molecule has 2 heterocycles. The predicted molar refractivity (Wildman–Crippen MR) is 79.9 cm³/mol. The summed E-state index contributed by atoms with van der Waals surface area (Å²) in [5.41, 5.74) is 5.94. The van der Waals surface area contributed by atoms with Gasteiger partial charge in [-0.15, -0.1) is 0 Å². The molecule has 0 saturated carbocycles. The Hall–Kier alpha value is -2.29. The van der Waals surface area contributed by atoms with E-state index in [1.54, 1.807) is 0 Å². The Bertz CT molecular complexity index is 708. The summed E-state index contributed by atoms with van der Waals surface area (Å²) in [6, 6.07) is 14.4. The van der Waals surface area contributed by atoms with Crippen molar-refractivity contribution in [1.82, 2.24) is 0 Å². The molecule has 2 aliphatic rings. The van der Waals surface area contributed by atoms with E-state index in [0.29, 0.717) is 0 Å². The van der Waals surface area contributed by atoms with Gasteiger partial charge in [0.25, 0.3) is 0 Å². The molecule has 1 atom stereocenters. The number of carbonyl (C=O) groups is 1. The molecule has 2 aliphatic heterocycles. The SMILES string of the molecule is Cc1cccc2c1N1Cc3ccccc3CC1C(=O)N2. The van der Waals surface area contributed by atoms with Crippen LogP contribution in [0.5, 0.6) is 0 Å². The standard InChI is InChI=1S/C17H16N2O/c1-11-5-4-8-14-16(11)19-10-13-7-3-2-6-12(13)9-15(19)17(20)18-14/h2-8,15H,9-10H2,1H3,(H,18,20).